The Labute approximate surface area is 144 Å². The zero-order valence-corrected chi connectivity index (χ0v) is 15.5. The van der Waals surface area contributed by atoms with Crippen molar-refractivity contribution < 1.29 is 9.84 Å². The van der Waals surface area contributed by atoms with Crippen LogP contribution in [-0.2, 0) is 10.2 Å². The molecule has 3 unspecified atom stereocenters. The first-order valence-electron chi connectivity index (χ1n) is 8.08. The van der Waals surface area contributed by atoms with Crippen molar-refractivity contribution in [2.75, 3.05) is 20.1 Å². The van der Waals surface area contributed by atoms with Crippen molar-refractivity contribution in [2.45, 2.75) is 56.3 Å². The van der Waals surface area contributed by atoms with E-state index in [4.69, 9.17) is 4.74 Å². The second kappa shape index (κ2) is 6.60. The van der Waals surface area contributed by atoms with Gasteiger partial charge in [0.1, 0.15) is 0 Å². The average Bonchev–Trinajstić information content (AvgIpc) is 2.77. The molecule has 2 aliphatic rings. The Morgan fingerprint density at radius 2 is 1.82 bits per heavy atom. The number of likely N-dealkylation sites (tertiary alicyclic amines) is 1. The van der Waals surface area contributed by atoms with E-state index in [0.717, 1.165) is 32.4 Å². The minimum atomic E-state index is -0.408. The fourth-order valence-electron chi connectivity index (χ4n) is 4.33. The maximum Gasteiger partial charge on any atom is 0.0721 e. The Kier molecular flexibility index (Phi) is 5.38. The largest absolute Gasteiger partial charge is 0.392 e. The number of ether oxygens (including phenoxy) is 1. The molecule has 124 valence electrons. The number of aliphatic hydroxyl groups is 1. The molecule has 1 aromatic carbocycles. The van der Waals surface area contributed by atoms with Crippen LogP contribution in [0.5, 0.6) is 0 Å². The molecule has 2 fully saturated rings. The van der Waals surface area contributed by atoms with Crippen LogP contribution in [0.2, 0.25) is 0 Å². The molecule has 0 bridgehead atoms. The van der Waals surface area contributed by atoms with Crippen molar-refractivity contribution in [2.24, 2.45) is 0 Å². The summed E-state index contributed by atoms with van der Waals surface area (Å²) in [5, 5.41) is 10.6. The second-order valence-corrected chi connectivity index (χ2v) is 7.01. The molecule has 0 saturated carbocycles. The molecule has 22 heavy (non-hydrogen) atoms. The molecule has 2 saturated heterocycles. The van der Waals surface area contributed by atoms with Gasteiger partial charge in [0.05, 0.1) is 17.8 Å². The summed E-state index contributed by atoms with van der Waals surface area (Å²) >= 11 is 0. The van der Waals surface area contributed by atoms with Crippen LogP contribution in [0.15, 0.2) is 30.3 Å². The predicted molar refractivity (Wildman–Crippen MR) is 94.7 cm³/mol. The van der Waals surface area contributed by atoms with Crippen molar-refractivity contribution in [3.05, 3.63) is 35.9 Å². The van der Waals surface area contributed by atoms with E-state index in [-0.39, 0.29) is 34.1 Å². The first kappa shape index (κ1) is 17.9. The van der Waals surface area contributed by atoms with E-state index < -0.39 is 6.10 Å². The van der Waals surface area contributed by atoms with Crippen LogP contribution in [-0.4, -0.2) is 48.0 Å². The van der Waals surface area contributed by atoms with Crippen molar-refractivity contribution in [3.8, 4) is 0 Å². The lowest BCUT2D eigenvalue weighted by Crippen LogP contribution is -2.45. The van der Waals surface area contributed by atoms with E-state index in [0.29, 0.717) is 0 Å². The van der Waals surface area contributed by atoms with Gasteiger partial charge in [-0.25, -0.2) is 0 Å². The molecular weight excluding hydrogens is 342 g/mol. The molecule has 0 radical (unpaired) electrons. The molecule has 3 rings (SSSR count). The summed E-state index contributed by atoms with van der Waals surface area (Å²) in [5.74, 6) is 0. The highest BCUT2D eigenvalue weighted by Crippen LogP contribution is 2.52. The van der Waals surface area contributed by atoms with Crippen LogP contribution in [0.4, 0.5) is 0 Å². The van der Waals surface area contributed by atoms with Gasteiger partial charge in [-0.05, 0) is 45.7 Å². The summed E-state index contributed by atoms with van der Waals surface area (Å²) in [7, 11) is 2.17. The number of halogens is 1. The average molecular weight is 370 g/mol. The first-order chi connectivity index (χ1) is 9.98. The molecule has 0 aliphatic carbocycles. The smallest absolute Gasteiger partial charge is 0.0721 e. The van der Waals surface area contributed by atoms with Gasteiger partial charge in [0, 0.05) is 18.5 Å². The van der Waals surface area contributed by atoms with E-state index >= 15 is 0 Å². The Balaban J connectivity index is 0.00000176. The molecule has 1 aromatic rings. The standard InChI is InChI=1S/C18H27NO2.BrH/c1-14(20)18(16-7-5-4-6-8-16)13-17(21-15(18)2)9-11-19(3)12-10-17;/h4-8,14-15,20H,9-13H2,1-3H3;1H. The van der Waals surface area contributed by atoms with Crippen molar-refractivity contribution in [1.29, 1.82) is 0 Å². The fourth-order valence-corrected chi connectivity index (χ4v) is 4.33. The Bertz CT molecular complexity index is 485. The molecule has 2 aliphatic heterocycles. The van der Waals surface area contributed by atoms with E-state index in [1.54, 1.807) is 0 Å². The van der Waals surface area contributed by atoms with Gasteiger partial charge in [-0.1, -0.05) is 30.3 Å². The molecule has 3 atom stereocenters. The van der Waals surface area contributed by atoms with Crippen molar-refractivity contribution in [1.82, 2.24) is 4.90 Å². The highest BCUT2D eigenvalue weighted by atomic mass is 79.9. The van der Waals surface area contributed by atoms with Gasteiger partial charge in [-0.3, -0.25) is 0 Å². The quantitative estimate of drug-likeness (QED) is 0.868. The van der Waals surface area contributed by atoms with Gasteiger partial charge in [0.15, 0.2) is 0 Å². The monoisotopic (exact) mass is 369 g/mol. The molecule has 3 nitrogen and oxygen atoms in total. The van der Waals surface area contributed by atoms with Gasteiger partial charge >= 0.3 is 0 Å². The van der Waals surface area contributed by atoms with Crippen LogP contribution >= 0.6 is 17.0 Å². The van der Waals surface area contributed by atoms with Gasteiger partial charge in [0.2, 0.25) is 0 Å². The van der Waals surface area contributed by atoms with Crippen molar-refractivity contribution >= 4 is 17.0 Å². The SMILES string of the molecule is Br.CC(O)C1(c2ccccc2)CC2(CCN(C)CC2)OC1C. The van der Waals surface area contributed by atoms with Crippen molar-refractivity contribution in [3.63, 3.8) is 0 Å². The Hall–Kier alpha value is -0.420. The van der Waals surface area contributed by atoms with Crippen LogP contribution in [0.1, 0.15) is 38.7 Å². The molecule has 1 N–H and O–H groups in total. The topological polar surface area (TPSA) is 32.7 Å². The minimum Gasteiger partial charge on any atom is -0.392 e. The van der Waals surface area contributed by atoms with Crippen LogP contribution in [0, 0.1) is 0 Å². The van der Waals surface area contributed by atoms with Gasteiger partial charge in [-0.2, -0.15) is 0 Å². The summed E-state index contributed by atoms with van der Waals surface area (Å²) in [5.41, 5.74) is 0.874. The lowest BCUT2D eigenvalue weighted by Gasteiger charge is -2.39. The lowest BCUT2D eigenvalue weighted by atomic mass is 9.67. The zero-order valence-electron chi connectivity index (χ0n) is 13.8. The molecule has 1 spiro atoms. The van der Waals surface area contributed by atoms with Crippen LogP contribution in [0.3, 0.4) is 0 Å². The number of rotatable bonds is 2. The Morgan fingerprint density at radius 1 is 1.23 bits per heavy atom. The van der Waals surface area contributed by atoms with E-state index in [2.05, 4.69) is 43.1 Å². The van der Waals surface area contributed by atoms with Gasteiger partial charge < -0.3 is 14.7 Å². The third-order valence-corrected chi connectivity index (χ3v) is 5.72. The predicted octanol–water partition coefficient (Wildman–Crippen LogP) is 3.16. The number of hydrogen-bond acceptors (Lipinski definition) is 3. The summed E-state index contributed by atoms with van der Waals surface area (Å²) < 4.78 is 6.48. The number of benzene rings is 1. The maximum atomic E-state index is 10.6. The van der Waals surface area contributed by atoms with Gasteiger partial charge in [0.25, 0.3) is 0 Å². The molecular formula is C18H28BrNO2. The number of aliphatic hydroxyl groups excluding tert-OH is 1. The van der Waals surface area contributed by atoms with Crippen LogP contribution in [0.25, 0.3) is 0 Å². The minimum absolute atomic E-state index is 0. The zero-order chi connectivity index (χ0) is 15.1. The highest BCUT2D eigenvalue weighted by molar-refractivity contribution is 8.93. The number of hydrogen-bond donors (Lipinski definition) is 1. The first-order valence-corrected chi connectivity index (χ1v) is 8.08. The van der Waals surface area contributed by atoms with Crippen LogP contribution < -0.4 is 0 Å². The highest BCUT2D eigenvalue weighted by Gasteiger charge is 2.57. The Morgan fingerprint density at radius 3 is 2.36 bits per heavy atom. The van der Waals surface area contributed by atoms with Gasteiger partial charge in [-0.15, -0.1) is 17.0 Å². The van der Waals surface area contributed by atoms with E-state index in [9.17, 15) is 5.11 Å². The maximum absolute atomic E-state index is 10.6. The number of nitrogens with zero attached hydrogens (tertiary/aromatic N) is 1. The molecule has 4 heteroatoms. The summed E-state index contributed by atoms with van der Waals surface area (Å²) in [6, 6.07) is 10.4. The van der Waals surface area contributed by atoms with E-state index in [1.165, 1.54) is 5.56 Å². The number of piperidine rings is 1. The third-order valence-electron chi connectivity index (χ3n) is 5.72. The molecule has 2 heterocycles. The summed E-state index contributed by atoms with van der Waals surface area (Å²) in [4.78, 5) is 2.37. The normalized spacial score (nSPS) is 32.6. The lowest BCUT2D eigenvalue weighted by molar-refractivity contribution is -0.0753. The third kappa shape index (κ3) is 2.86. The molecule has 0 aromatic heterocycles. The fraction of sp³-hybridized carbons (Fsp3) is 0.667. The van der Waals surface area contributed by atoms with E-state index in [1.807, 2.05) is 13.0 Å². The summed E-state index contributed by atoms with van der Waals surface area (Å²) in [6.45, 7) is 6.21. The second-order valence-electron chi connectivity index (χ2n) is 7.01. The summed E-state index contributed by atoms with van der Waals surface area (Å²) in [6.07, 6.45) is 2.69. The molecule has 0 amide bonds.